The van der Waals surface area contributed by atoms with Gasteiger partial charge in [-0.3, -0.25) is 0 Å². The Kier molecular flexibility index (Phi) is 4.14. The zero-order valence-electron chi connectivity index (χ0n) is 10.9. The SMILES string of the molecule is C=COC(=O)C(C)=CCc1cccc2ccccc12. The van der Waals surface area contributed by atoms with Crippen LogP contribution < -0.4 is 0 Å². The molecule has 0 atom stereocenters. The molecule has 0 aromatic heterocycles. The van der Waals surface area contributed by atoms with Crippen molar-refractivity contribution in [3.05, 3.63) is 72.5 Å². The fraction of sp³-hybridized carbons (Fsp3) is 0.118. The highest BCUT2D eigenvalue weighted by Gasteiger charge is 2.04. The van der Waals surface area contributed by atoms with Crippen molar-refractivity contribution in [1.82, 2.24) is 0 Å². The first-order valence-electron chi connectivity index (χ1n) is 6.17. The van der Waals surface area contributed by atoms with E-state index in [9.17, 15) is 4.79 Å². The van der Waals surface area contributed by atoms with Crippen molar-refractivity contribution in [3.8, 4) is 0 Å². The summed E-state index contributed by atoms with van der Waals surface area (Å²) in [7, 11) is 0. The van der Waals surface area contributed by atoms with Crippen LogP contribution in [-0.4, -0.2) is 5.97 Å². The molecule has 0 aliphatic rings. The highest BCUT2D eigenvalue weighted by Crippen LogP contribution is 2.19. The van der Waals surface area contributed by atoms with E-state index in [1.807, 2.05) is 24.3 Å². The van der Waals surface area contributed by atoms with Crippen molar-refractivity contribution in [1.29, 1.82) is 0 Å². The first-order chi connectivity index (χ1) is 9.22. The number of hydrogen-bond acceptors (Lipinski definition) is 2. The van der Waals surface area contributed by atoms with Crippen molar-refractivity contribution >= 4 is 16.7 Å². The average Bonchev–Trinajstić information content (AvgIpc) is 2.45. The van der Waals surface area contributed by atoms with Crippen molar-refractivity contribution in [2.75, 3.05) is 0 Å². The van der Waals surface area contributed by atoms with Gasteiger partial charge in [0.2, 0.25) is 0 Å². The van der Waals surface area contributed by atoms with E-state index in [4.69, 9.17) is 4.74 Å². The second kappa shape index (κ2) is 6.01. The standard InChI is InChI=1S/C17H16O2/c1-3-19-17(18)13(2)11-12-15-9-6-8-14-7-4-5-10-16(14)15/h3-11H,1,12H2,2H3. The molecule has 0 saturated heterocycles. The van der Waals surface area contributed by atoms with Gasteiger partial charge in [0, 0.05) is 5.57 Å². The summed E-state index contributed by atoms with van der Waals surface area (Å²) in [6.45, 7) is 5.12. The predicted molar refractivity (Wildman–Crippen MR) is 77.7 cm³/mol. The summed E-state index contributed by atoms with van der Waals surface area (Å²) in [4.78, 5) is 11.5. The van der Waals surface area contributed by atoms with Gasteiger partial charge in [-0.25, -0.2) is 4.79 Å². The zero-order chi connectivity index (χ0) is 13.7. The van der Waals surface area contributed by atoms with Crippen LogP contribution >= 0.6 is 0 Å². The minimum Gasteiger partial charge on any atom is -0.432 e. The molecule has 19 heavy (non-hydrogen) atoms. The van der Waals surface area contributed by atoms with Crippen molar-refractivity contribution < 1.29 is 9.53 Å². The maximum atomic E-state index is 11.5. The van der Waals surface area contributed by atoms with Gasteiger partial charge in [0.25, 0.3) is 0 Å². The van der Waals surface area contributed by atoms with Crippen LogP contribution in [0.3, 0.4) is 0 Å². The molecule has 96 valence electrons. The van der Waals surface area contributed by atoms with Crippen LogP contribution in [0, 0.1) is 0 Å². The van der Waals surface area contributed by atoms with E-state index in [0.717, 1.165) is 6.26 Å². The van der Waals surface area contributed by atoms with Crippen LogP contribution in [-0.2, 0) is 16.0 Å². The van der Waals surface area contributed by atoms with Gasteiger partial charge in [-0.1, -0.05) is 55.1 Å². The number of ether oxygens (including phenoxy) is 1. The quantitative estimate of drug-likeness (QED) is 0.467. The van der Waals surface area contributed by atoms with Crippen LogP contribution in [0.4, 0.5) is 0 Å². The molecule has 0 N–H and O–H groups in total. The molecule has 0 fully saturated rings. The number of esters is 1. The topological polar surface area (TPSA) is 26.3 Å². The second-order valence-electron chi connectivity index (χ2n) is 4.30. The molecule has 0 bridgehead atoms. The summed E-state index contributed by atoms with van der Waals surface area (Å²) in [6, 6.07) is 14.4. The van der Waals surface area contributed by atoms with E-state index in [0.29, 0.717) is 12.0 Å². The molecule has 0 aliphatic heterocycles. The molecule has 0 unspecified atom stereocenters. The van der Waals surface area contributed by atoms with E-state index in [1.54, 1.807) is 6.92 Å². The number of carbonyl (C=O) groups excluding carboxylic acids is 1. The molecule has 0 radical (unpaired) electrons. The second-order valence-corrected chi connectivity index (χ2v) is 4.30. The maximum Gasteiger partial charge on any atom is 0.338 e. The van der Waals surface area contributed by atoms with Crippen LogP contribution in [0.25, 0.3) is 10.8 Å². The van der Waals surface area contributed by atoms with Gasteiger partial charge in [0.05, 0.1) is 6.26 Å². The highest BCUT2D eigenvalue weighted by atomic mass is 16.5. The van der Waals surface area contributed by atoms with E-state index >= 15 is 0 Å². The first-order valence-corrected chi connectivity index (χ1v) is 6.17. The van der Waals surface area contributed by atoms with Gasteiger partial charge in [-0.2, -0.15) is 0 Å². The molecule has 2 nitrogen and oxygen atoms in total. The lowest BCUT2D eigenvalue weighted by Gasteiger charge is -2.04. The third-order valence-electron chi connectivity index (χ3n) is 3.02. The molecule has 0 aliphatic carbocycles. The normalized spacial score (nSPS) is 11.3. The minimum atomic E-state index is -0.352. The van der Waals surface area contributed by atoms with Gasteiger partial charge >= 0.3 is 5.97 Å². The Morgan fingerprint density at radius 2 is 1.95 bits per heavy atom. The molecular formula is C17H16O2. The fourth-order valence-corrected chi connectivity index (χ4v) is 1.99. The summed E-state index contributed by atoms with van der Waals surface area (Å²) in [5, 5.41) is 2.42. The molecule has 0 heterocycles. The van der Waals surface area contributed by atoms with Crippen molar-refractivity contribution in [2.45, 2.75) is 13.3 Å². The summed E-state index contributed by atoms with van der Waals surface area (Å²) in [6.07, 6.45) is 3.74. The van der Waals surface area contributed by atoms with Gasteiger partial charge in [0.15, 0.2) is 0 Å². The molecule has 2 aromatic carbocycles. The molecule has 2 heteroatoms. The van der Waals surface area contributed by atoms with Gasteiger partial charge in [-0.15, -0.1) is 0 Å². The number of benzene rings is 2. The largest absolute Gasteiger partial charge is 0.432 e. The van der Waals surface area contributed by atoms with Crippen LogP contribution in [0.2, 0.25) is 0 Å². The van der Waals surface area contributed by atoms with Crippen LogP contribution in [0.1, 0.15) is 12.5 Å². The Hall–Kier alpha value is -2.35. The van der Waals surface area contributed by atoms with Crippen LogP contribution in [0.15, 0.2) is 67.0 Å². The van der Waals surface area contributed by atoms with E-state index in [1.165, 1.54) is 16.3 Å². The lowest BCUT2D eigenvalue weighted by molar-refractivity contribution is -0.133. The highest BCUT2D eigenvalue weighted by molar-refractivity contribution is 5.89. The number of allylic oxidation sites excluding steroid dienone is 1. The third kappa shape index (κ3) is 3.10. The van der Waals surface area contributed by atoms with E-state index in [2.05, 4.69) is 30.8 Å². The minimum absolute atomic E-state index is 0.352. The Labute approximate surface area is 113 Å². The summed E-state index contributed by atoms with van der Waals surface area (Å²) in [5.74, 6) is -0.352. The number of fused-ring (bicyclic) bond motifs is 1. The summed E-state index contributed by atoms with van der Waals surface area (Å²) >= 11 is 0. The van der Waals surface area contributed by atoms with Gasteiger partial charge in [0.1, 0.15) is 0 Å². The Bertz CT molecular complexity index is 633. The summed E-state index contributed by atoms with van der Waals surface area (Å²) < 4.78 is 4.74. The van der Waals surface area contributed by atoms with Crippen molar-refractivity contribution in [3.63, 3.8) is 0 Å². The molecule has 2 aromatic rings. The smallest absolute Gasteiger partial charge is 0.338 e. The molecule has 0 amide bonds. The maximum absolute atomic E-state index is 11.5. The number of rotatable bonds is 4. The molecule has 0 spiro atoms. The Morgan fingerprint density at radius 1 is 1.21 bits per heavy atom. The lowest BCUT2D eigenvalue weighted by atomic mass is 10.0. The monoisotopic (exact) mass is 252 g/mol. The average molecular weight is 252 g/mol. The lowest BCUT2D eigenvalue weighted by Crippen LogP contribution is -2.01. The predicted octanol–water partition coefficient (Wildman–Crippen LogP) is 4.02. The summed E-state index contributed by atoms with van der Waals surface area (Å²) in [5.41, 5.74) is 1.79. The molecule has 2 rings (SSSR count). The third-order valence-corrected chi connectivity index (χ3v) is 3.02. The number of carbonyl (C=O) groups is 1. The van der Waals surface area contributed by atoms with Crippen LogP contribution in [0.5, 0.6) is 0 Å². The number of hydrogen-bond donors (Lipinski definition) is 0. The van der Waals surface area contributed by atoms with Gasteiger partial charge < -0.3 is 4.74 Å². The van der Waals surface area contributed by atoms with E-state index in [-0.39, 0.29) is 5.97 Å². The Morgan fingerprint density at radius 3 is 2.74 bits per heavy atom. The fourth-order valence-electron chi connectivity index (χ4n) is 1.99. The zero-order valence-corrected chi connectivity index (χ0v) is 10.9. The van der Waals surface area contributed by atoms with Gasteiger partial charge in [-0.05, 0) is 29.7 Å². The van der Waals surface area contributed by atoms with Crippen molar-refractivity contribution in [2.24, 2.45) is 0 Å². The first kappa shape index (κ1) is 13.1. The molecule has 0 saturated carbocycles. The Balaban J connectivity index is 2.24. The molecular weight excluding hydrogens is 236 g/mol. The van der Waals surface area contributed by atoms with E-state index < -0.39 is 0 Å².